The molecule has 0 spiro atoms. The molecule has 3 atom stereocenters. The number of halogens is 1. The van der Waals surface area contributed by atoms with Crippen molar-refractivity contribution in [1.29, 1.82) is 0 Å². The minimum Gasteiger partial charge on any atom is -0.351 e. The van der Waals surface area contributed by atoms with E-state index in [0.717, 1.165) is 30.7 Å². The van der Waals surface area contributed by atoms with Crippen LogP contribution in [0.5, 0.6) is 0 Å². The first-order valence-corrected chi connectivity index (χ1v) is 10.00. The standard InChI is InChI=1S/C21H33ClN2O/c1-5-15(4)19(23)20(25)24-18(13-14(2)3)21(11-6-12-21)16-7-9-17(22)10-8-16/h7-10,14-15,18-19H,5-6,11-13,23H2,1-4H3,(H,24,25)/t15-,18-,19-/m0/s1. The first-order valence-electron chi connectivity index (χ1n) is 9.62. The number of nitrogens with two attached hydrogens (primary N) is 1. The Kier molecular flexibility index (Phi) is 6.93. The third-order valence-corrected chi connectivity index (χ3v) is 6.17. The van der Waals surface area contributed by atoms with E-state index in [4.69, 9.17) is 17.3 Å². The lowest BCUT2D eigenvalue weighted by molar-refractivity contribution is -0.125. The molecule has 0 heterocycles. The van der Waals surface area contributed by atoms with Crippen molar-refractivity contribution < 1.29 is 4.79 Å². The zero-order valence-corrected chi connectivity index (χ0v) is 16.8. The smallest absolute Gasteiger partial charge is 0.237 e. The molecule has 1 amide bonds. The molecule has 0 unspecified atom stereocenters. The fourth-order valence-electron chi connectivity index (χ4n) is 3.85. The number of carbonyl (C=O) groups excluding carboxylic acids is 1. The first kappa shape index (κ1) is 20.3. The van der Waals surface area contributed by atoms with E-state index in [-0.39, 0.29) is 23.3 Å². The average Bonchev–Trinajstić information content (AvgIpc) is 2.53. The molecule has 1 saturated carbocycles. The van der Waals surface area contributed by atoms with Crippen molar-refractivity contribution in [2.45, 2.75) is 77.3 Å². The van der Waals surface area contributed by atoms with Crippen LogP contribution in [0.1, 0.15) is 65.4 Å². The van der Waals surface area contributed by atoms with E-state index in [1.165, 1.54) is 12.0 Å². The van der Waals surface area contributed by atoms with Gasteiger partial charge in [-0.2, -0.15) is 0 Å². The molecule has 1 aromatic rings. The molecule has 3 nitrogen and oxygen atoms in total. The normalized spacial score (nSPS) is 19.8. The van der Waals surface area contributed by atoms with Gasteiger partial charge in [0.05, 0.1) is 6.04 Å². The maximum absolute atomic E-state index is 12.8. The van der Waals surface area contributed by atoms with Gasteiger partial charge in [-0.1, -0.05) is 64.3 Å². The van der Waals surface area contributed by atoms with Crippen LogP contribution in [0.4, 0.5) is 0 Å². The van der Waals surface area contributed by atoms with Crippen LogP contribution in [0.25, 0.3) is 0 Å². The Morgan fingerprint density at radius 2 is 1.84 bits per heavy atom. The maximum Gasteiger partial charge on any atom is 0.237 e. The summed E-state index contributed by atoms with van der Waals surface area (Å²) in [5.74, 6) is 0.683. The van der Waals surface area contributed by atoms with Crippen LogP contribution < -0.4 is 11.1 Å². The highest BCUT2D eigenvalue weighted by molar-refractivity contribution is 6.30. The van der Waals surface area contributed by atoms with E-state index in [0.29, 0.717) is 5.92 Å². The molecule has 2 rings (SSSR count). The number of rotatable bonds is 8. The Labute approximate surface area is 157 Å². The molecule has 1 aliphatic carbocycles. The van der Waals surface area contributed by atoms with E-state index >= 15 is 0 Å². The molecule has 25 heavy (non-hydrogen) atoms. The van der Waals surface area contributed by atoms with Crippen molar-refractivity contribution in [2.24, 2.45) is 17.6 Å². The quantitative estimate of drug-likeness (QED) is 0.704. The van der Waals surface area contributed by atoms with E-state index in [1.54, 1.807) is 0 Å². The number of nitrogens with one attached hydrogen (secondary N) is 1. The minimum atomic E-state index is -0.443. The molecular weight excluding hydrogens is 332 g/mol. The summed E-state index contributed by atoms with van der Waals surface area (Å²) in [7, 11) is 0. The van der Waals surface area contributed by atoms with Crippen molar-refractivity contribution in [2.75, 3.05) is 0 Å². The van der Waals surface area contributed by atoms with Crippen molar-refractivity contribution in [3.63, 3.8) is 0 Å². The van der Waals surface area contributed by atoms with Crippen molar-refractivity contribution in [1.82, 2.24) is 5.32 Å². The summed E-state index contributed by atoms with van der Waals surface area (Å²) in [5.41, 5.74) is 7.48. The van der Waals surface area contributed by atoms with Crippen LogP contribution in [0.2, 0.25) is 5.02 Å². The van der Waals surface area contributed by atoms with Gasteiger partial charge in [-0.15, -0.1) is 0 Å². The lowest BCUT2D eigenvalue weighted by Gasteiger charge is -2.49. The molecule has 0 saturated heterocycles. The second-order valence-electron chi connectivity index (χ2n) is 8.12. The Morgan fingerprint density at radius 3 is 2.28 bits per heavy atom. The highest BCUT2D eigenvalue weighted by Crippen LogP contribution is 2.48. The molecule has 3 N–H and O–H groups in total. The summed E-state index contributed by atoms with van der Waals surface area (Å²) in [4.78, 5) is 12.8. The van der Waals surface area contributed by atoms with Crippen molar-refractivity contribution in [3.05, 3.63) is 34.9 Å². The van der Waals surface area contributed by atoms with Gasteiger partial charge >= 0.3 is 0 Å². The molecule has 0 aliphatic heterocycles. The number of benzene rings is 1. The molecule has 140 valence electrons. The highest BCUT2D eigenvalue weighted by atomic mass is 35.5. The Balaban J connectivity index is 2.25. The monoisotopic (exact) mass is 364 g/mol. The zero-order valence-electron chi connectivity index (χ0n) is 16.0. The predicted molar refractivity (Wildman–Crippen MR) is 106 cm³/mol. The van der Waals surface area contributed by atoms with Crippen molar-refractivity contribution >= 4 is 17.5 Å². The minimum absolute atomic E-state index is 0.0136. The lowest BCUT2D eigenvalue weighted by atomic mass is 9.58. The summed E-state index contributed by atoms with van der Waals surface area (Å²) in [5, 5.41) is 4.07. The van der Waals surface area contributed by atoms with Gasteiger partial charge in [-0.05, 0) is 48.8 Å². The van der Waals surface area contributed by atoms with Gasteiger partial charge in [0.1, 0.15) is 0 Å². The second kappa shape index (κ2) is 8.55. The summed E-state index contributed by atoms with van der Waals surface area (Å²) in [6, 6.07) is 7.82. The molecule has 4 heteroatoms. The Morgan fingerprint density at radius 1 is 1.24 bits per heavy atom. The predicted octanol–water partition coefficient (Wildman–Crippen LogP) is 4.67. The van der Waals surface area contributed by atoms with Crippen LogP contribution in [0.15, 0.2) is 24.3 Å². The average molecular weight is 365 g/mol. The molecule has 0 aromatic heterocycles. The van der Waals surface area contributed by atoms with E-state index < -0.39 is 6.04 Å². The summed E-state index contributed by atoms with van der Waals surface area (Å²) < 4.78 is 0. The SMILES string of the molecule is CC[C@H](C)[C@H](N)C(=O)N[C@@H](CC(C)C)C1(c2ccc(Cl)cc2)CCC1. The van der Waals surface area contributed by atoms with Crippen LogP contribution in [0.3, 0.4) is 0 Å². The van der Waals surface area contributed by atoms with Gasteiger partial charge in [-0.3, -0.25) is 4.79 Å². The third-order valence-electron chi connectivity index (χ3n) is 5.92. The molecule has 1 aromatic carbocycles. The summed E-state index contributed by atoms with van der Waals surface area (Å²) in [6.45, 7) is 8.54. The number of hydrogen-bond donors (Lipinski definition) is 2. The maximum atomic E-state index is 12.8. The fourth-order valence-corrected chi connectivity index (χ4v) is 3.98. The largest absolute Gasteiger partial charge is 0.351 e. The number of hydrogen-bond acceptors (Lipinski definition) is 2. The highest BCUT2D eigenvalue weighted by Gasteiger charge is 2.46. The van der Waals surface area contributed by atoms with Crippen LogP contribution >= 0.6 is 11.6 Å². The third kappa shape index (κ3) is 4.57. The van der Waals surface area contributed by atoms with Crippen LogP contribution in [0, 0.1) is 11.8 Å². The topological polar surface area (TPSA) is 55.1 Å². The Bertz CT molecular complexity index is 566. The summed E-state index contributed by atoms with van der Waals surface area (Å²) in [6.07, 6.45) is 5.27. The van der Waals surface area contributed by atoms with Gasteiger partial charge in [0, 0.05) is 16.5 Å². The van der Waals surface area contributed by atoms with E-state index in [9.17, 15) is 4.79 Å². The summed E-state index contributed by atoms with van der Waals surface area (Å²) >= 11 is 6.08. The Hall–Kier alpha value is -1.06. The molecule has 0 radical (unpaired) electrons. The van der Waals surface area contributed by atoms with Crippen LogP contribution in [-0.4, -0.2) is 18.0 Å². The molecule has 0 bridgehead atoms. The number of amides is 1. The molecule has 1 fully saturated rings. The van der Waals surface area contributed by atoms with Gasteiger partial charge in [0.2, 0.25) is 5.91 Å². The number of carbonyl (C=O) groups is 1. The van der Waals surface area contributed by atoms with E-state index in [2.05, 4.69) is 38.2 Å². The molecule has 1 aliphatic rings. The first-order chi connectivity index (χ1) is 11.8. The zero-order chi connectivity index (χ0) is 18.6. The lowest BCUT2D eigenvalue weighted by Crippen LogP contribution is -2.58. The fraction of sp³-hybridized carbons (Fsp3) is 0.667. The van der Waals surface area contributed by atoms with Gasteiger partial charge < -0.3 is 11.1 Å². The second-order valence-corrected chi connectivity index (χ2v) is 8.56. The van der Waals surface area contributed by atoms with Crippen molar-refractivity contribution in [3.8, 4) is 0 Å². The van der Waals surface area contributed by atoms with Gasteiger partial charge in [0.15, 0.2) is 0 Å². The van der Waals surface area contributed by atoms with Gasteiger partial charge in [-0.25, -0.2) is 0 Å². The van der Waals surface area contributed by atoms with Gasteiger partial charge in [0.25, 0.3) is 0 Å². The molecular formula is C21H33ClN2O. The van der Waals surface area contributed by atoms with Crippen LogP contribution in [-0.2, 0) is 10.2 Å². The van der Waals surface area contributed by atoms with E-state index in [1.807, 2.05) is 19.1 Å².